The zero-order chi connectivity index (χ0) is 46.4. The van der Waals surface area contributed by atoms with Crippen molar-refractivity contribution < 1.29 is 52.2 Å². The average Bonchev–Trinajstić information content (AvgIpc) is 3.83. The Labute approximate surface area is 378 Å². The number of para-hydroxylation sites is 1. The number of nitrogens with zero attached hydrogens (tertiary/aromatic N) is 1. The first-order chi connectivity index (χ1) is 31.6. The molecule has 65 heavy (non-hydrogen) atoms. The third-order valence-electron chi connectivity index (χ3n) is 10.3. The highest BCUT2D eigenvalue weighted by Gasteiger charge is 2.32. The van der Waals surface area contributed by atoms with Gasteiger partial charge in [-0.15, -0.1) is 0 Å². The molecule has 1 heterocycles. The molecule has 0 aliphatic rings. The van der Waals surface area contributed by atoms with Crippen molar-refractivity contribution in [1.29, 1.82) is 0 Å². The van der Waals surface area contributed by atoms with Crippen LogP contribution in [0.1, 0.15) is 91.3 Å². The number of nitrogens with one attached hydrogen (secondary N) is 3. The Kier molecular flexibility index (Phi) is 19.3. The fourth-order valence-electron chi connectivity index (χ4n) is 6.93. The molecule has 3 N–H and O–H groups in total. The summed E-state index contributed by atoms with van der Waals surface area (Å²) in [6.45, 7) is 5.80. The number of ether oxygens (including phenoxy) is 3. The molecule has 0 radical (unpaired) electrons. The van der Waals surface area contributed by atoms with E-state index >= 15 is 0 Å². The SMILES string of the molecule is CCCCC[C@@H](C(=O)NCNC(=O)c1ccc(-c2ccc(C(=O)NC(CC(=O)OCc3ccccc3)C(=O)Oc3ccccc3)c(OCC)c2)o1)[C@@H](CC)N(C=O)OCc1ccccc1. The Balaban J connectivity index is 1.22. The Bertz CT molecular complexity index is 2300. The third kappa shape index (κ3) is 14.9. The summed E-state index contributed by atoms with van der Waals surface area (Å²) < 4.78 is 22.6. The van der Waals surface area contributed by atoms with Crippen molar-refractivity contribution in [2.75, 3.05) is 13.3 Å². The van der Waals surface area contributed by atoms with Gasteiger partial charge in [0, 0.05) is 5.56 Å². The molecule has 4 amide bonds. The lowest BCUT2D eigenvalue weighted by atomic mass is 9.90. The van der Waals surface area contributed by atoms with Crippen LogP contribution in [-0.4, -0.2) is 66.5 Å². The van der Waals surface area contributed by atoms with E-state index in [1.54, 1.807) is 79.7 Å². The van der Waals surface area contributed by atoms with Crippen molar-refractivity contribution in [2.45, 2.75) is 84.6 Å². The van der Waals surface area contributed by atoms with Gasteiger partial charge in [-0.3, -0.25) is 28.8 Å². The summed E-state index contributed by atoms with van der Waals surface area (Å²) in [5.74, 6) is -3.23. The van der Waals surface area contributed by atoms with Crippen LogP contribution in [0.5, 0.6) is 11.5 Å². The lowest BCUT2D eigenvalue weighted by Gasteiger charge is -2.32. The molecule has 5 aromatic rings. The Hall–Kier alpha value is -7.26. The second-order valence-electron chi connectivity index (χ2n) is 14.9. The van der Waals surface area contributed by atoms with Crippen LogP contribution >= 0.6 is 0 Å². The zero-order valence-corrected chi connectivity index (χ0v) is 36.9. The van der Waals surface area contributed by atoms with Gasteiger partial charge in [-0.2, -0.15) is 0 Å². The van der Waals surface area contributed by atoms with Crippen LogP contribution in [0, 0.1) is 5.92 Å². The molecule has 0 aliphatic heterocycles. The molecule has 1 aromatic heterocycles. The van der Waals surface area contributed by atoms with Gasteiger partial charge in [0.15, 0.2) is 5.76 Å². The summed E-state index contributed by atoms with van der Waals surface area (Å²) in [6, 6.07) is 32.4. The number of unbranched alkanes of at least 4 members (excludes halogenated alkanes) is 2. The van der Waals surface area contributed by atoms with Crippen molar-refractivity contribution in [3.05, 3.63) is 144 Å². The second-order valence-corrected chi connectivity index (χ2v) is 14.9. The van der Waals surface area contributed by atoms with Crippen LogP contribution in [0.15, 0.2) is 126 Å². The zero-order valence-electron chi connectivity index (χ0n) is 36.9. The summed E-state index contributed by atoms with van der Waals surface area (Å²) >= 11 is 0. The second kappa shape index (κ2) is 25.8. The molecule has 4 aromatic carbocycles. The number of hydrogen-bond acceptors (Lipinski definition) is 11. The minimum atomic E-state index is -1.42. The van der Waals surface area contributed by atoms with Crippen molar-refractivity contribution in [1.82, 2.24) is 21.0 Å². The Morgan fingerprint density at radius 1 is 0.754 bits per heavy atom. The normalized spacial score (nSPS) is 12.2. The van der Waals surface area contributed by atoms with Gasteiger partial charge in [0.25, 0.3) is 11.8 Å². The smallest absolute Gasteiger partial charge is 0.334 e. The quantitative estimate of drug-likeness (QED) is 0.0124. The summed E-state index contributed by atoms with van der Waals surface area (Å²) in [6.07, 6.45) is 3.70. The molecule has 342 valence electrons. The monoisotopic (exact) mass is 888 g/mol. The highest BCUT2D eigenvalue weighted by molar-refractivity contribution is 6.00. The van der Waals surface area contributed by atoms with Crippen LogP contribution in [0.4, 0.5) is 0 Å². The van der Waals surface area contributed by atoms with E-state index in [-0.39, 0.29) is 61.0 Å². The number of benzene rings is 4. The maximum Gasteiger partial charge on any atom is 0.334 e. The molecular weight excluding hydrogens is 833 g/mol. The van der Waals surface area contributed by atoms with Gasteiger partial charge in [0.05, 0.1) is 37.2 Å². The van der Waals surface area contributed by atoms with E-state index in [4.69, 9.17) is 23.5 Å². The molecule has 5 rings (SSSR count). The van der Waals surface area contributed by atoms with Crippen molar-refractivity contribution in [3.63, 3.8) is 0 Å². The first-order valence-corrected chi connectivity index (χ1v) is 21.7. The minimum absolute atomic E-state index is 0.0232. The van der Waals surface area contributed by atoms with Gasteiger partial charge < -0.3 is 34.6 Å². The highest BCUT2D eigenvalue weighted by Crippen LogP contribution is 2.30. The molecule has 0 bridgehead atoms. The van der Waals surface area contributed by atoms with Crippen molar-refractivity contribution in [3.8, 4) is 22.8 Å². The molecule has 0 saturated heterocycles. The fraction of sp³-hybridized carbons (Fsp3) is 0.320. The van der Waals surface area contributed by atoms with Crippen molar-refractivity contribution >= 4 is 36.1 Å². The minimum Gasteiger partial charge on any atom is -0.493 e. The number of rotatable bonds is 26. The van der Waals surface area contributed by atoms with E-state index in [1.807, 2.05) is 43.3 Å². The Morgan fingerprint density at radius 2 is 1.43 bits per heavy atom. The summed E-state index contributed by atoms with van der Waals surface area (Å²) in [4.78, 5) is 84.9. The first kappa shape index (κ1) is 48.8. The maximum absolute atomic E-state index is 13.8. The fourth-order valence-corrected chi connectivity index (χ4v) is 6.93. The molecular formula is C50H56N4O11. The van der Waals surface area contributed by atoms with E-state index in [2.05, 4.69) is 22.9 Å². The molecule has 3 atom stereocenters. The lowest BCUT2D eigenvalue weighted by molar-refractivity contribution is -0.200. The molecule has 15 heteroatoms. The third-order valence-corrected chi connectivity index (χ3v) is 10.3. The van der Waals surface area contributed by atoms with Gasteiger partial charge in [-0.25, -0.2) is 9.86 Å². The topological polar surface area (TPSA) is 192 Å². The largest absolute Gasteiger partial charge is 0.493 e. The number of hydroxylamine groups is 2. The number of esters is 2. The van der Waals surface area contributed by atoms with Gasteiger partial charge >= 0.3 is 11.9 Å². The standard InChI is InChI=1S/C50H56N4O11/c1-4-7-11-24-39(42(5-2)54(34-55)63-32-36-20-14-9-15-21-36)47(57)51-33-52-49(59)44-28-27-43(65-44)37-25-26-40(45(29-37)61-6-3)48(58)53-41(50(60)64-38-22-16-10-17-23-38)30-46(56)62-31-35-18-12-8-13-19-35/h8-10,12-23,25-29,34,39,41-42H,4-7,11,24,30-33H2,1-3H3,(H,51,57)(H,52,59)(H,53,58)/t39-,41?,42-/m1/s1. The number of carbonyl (C=O) groups excluding carboxylic acids is 6. The van der Waals surface area contributed by atoms with E-state index < -0.39 is 48.2 Å². The summed E-state index contributed by atoms with van der Waals surface area (Å²) in [5, 5.41) is 9.28. The molecule has 15 nitrogen and oxygen atoms in total. The molecule has 0 aliphatic carbocycles. The number of furan rings is 1. The van der Waals surface area contributed by atoms with Crippen LogP contribution in [0.2, 0.25) is 0 Å². The molecule has 0 fully saturated rings. The summed E-state index contributed by atoms with van der Waals surface area (Å²) in [5.41, 5.74) is 2.16. The Morgan fingerprint density at radius 3 is 2.08 bits per heavy atom. The van der Waals surface area contributed by atoms with Gasteiger partial charge in [0.2, 0.25) is 12.3 Å². The van der Waals surface area contributed by atoms with E-state index in [9.17, 15) is 28.8 Å². The van der Waals surface area contributed by atoms with E-state index in [1.165, 1.54) is 17.2 Å². The van der Waals surface area contributed by atoms with E-state index in [0.29, 0.717) is 24.8 Å². The van der Waals surface area contributed by atoms with Gasteiger partial charge in [-0.05, 0) is 67.3 Å². The van der Waals surface area contributed by atoms with Crippen LogP contribution in [-0.2, 0) is 42.0 Å². The predicted molar refractivity (Wildman–Crippen MR) is 241 cm³/mol. The van der Waals surface area contributed by atoms with Crippen LogP contribution in [0.25, 0.3) is 11.3 Å². The average molecular weight is 889 g/mol. The molecule has 1 unspecified atom stereocenters. The van der Waals surface area contributed by atoms with E-state index in [0.717, 1.165) is 30.4 Å². The number of amides is 4. The number of hydrogen-bond donors (Lipinski definition) is 3. The van der Waals surface area contributed by atoms with Crippen LogP contribution < -0.4 is 25.4 Å². The predicted octanol–water partition coefficient (Wildman–Crippen LogP) is 7.55. The van der Waals surface area contributed by atoms with Crippen LogP contribution in [0.3, 0.4) is 0 Å². The van der Waals surface area contributed by atoms with Crippen molar-refractivity contribution in [2.24, 2.45) is 5.92 Å². The first-order valence-electron chi connectivity index (χ1n) is 21.7. The molecule has 0 spiro atoms. The van der Waals surface area contributed by atoms with Gasteiger partial charge in [0.1, 0.15) is 36.5 Å². The number of carbonyl (C=O) groups is 6. The van der Waals surface area contributed by atoms with Gasteiger partial charge in [-0.1, -0.05) is 118 Å². The lowest BCUT2D eigenvalue weighted by Crippen LogP contribution is -2.48. The summed E-state index contributed by atoms with van der Waals surface area (Å²) in [7, 11) is 0. The molecule has 0 saturated carbocycles. The maximum atomic E-state index is 13.8. The highest BCUT2D eigenvalue weighted by atomic mass is 16.7.